The van der Waals surface area contributed by atoms with Crippen LogP contribution in [0.4, 0.5) is 4.39 Å². The molecule has 24 heavy (non-hydrogen) atoms. The first-order valence-electron chi connectivity index (χ1n) is 7.59. The number of aromatic hydroxyl groups is 1. The highest BCUT2D eigenvalue weighted by molar-refractivity contribution is 5.53. The molecule has 0 amide bonds. The maximum absolute atomic E-state index is 13.8. The number of hydrogen-bond donors (Lipinski definition) is 2. The molecule has 2 aromatic heterocycles. The zero-order chi connectivity index (χ0) is 17.4. The van der Waals surface area contributed by atoms with Gasteiger partial charge in [0.25, 0.3) is 5.56 Å². The van der Waals surface area contributed by atoms with Crippen molar-refractivity contribution in [1.82, 2.24) is 19.5 Å². The molecule has 0 fully saturated rings. The fourth-order valence-corrected chi connectivity index (χ4v) is 2.75. The molecule has 2 heterocycles. The molecule has 2 N–H and O–H groups in total. The van der Waals surface area contributed by atoms with Crippen LogP contribution in [0.3, 0.4) is 0 Å². The molecule has 0 aliphatic carbocycles. The van der Waals surface area contributed by atoms with E-state index in [1.165, 1.54) is 10.6 Å². The third-order valence-electron chi connectivity index (χ3n) is 3.96. The van der Waals surface area contributed by atoms with Crippen molar-refractivity contribution < 1.29 is 9.50 Å². The summed E-state index contributed by atoms with van der Waals surface area (Å²) in [7, 11) is 3.82. The van der Waals surface area contributed by atoms with E-state index >= 15 is 0 Å². The van der Waals surface area contributed by atoms with Gasteiger partial charge in [0.1, 0.15) is 11.5 Å². The Hall–Kier alpha value is -2.67. The van der Waals surface area contributed by atoms with Crippen molar-refractivity contribution in [3.63, 3.8) is 0 Å². The maximum atomic E-state index is 13.8. The number of fused-ring (bicyclic) bond motifs is 1. The Morgan fingerprint density at radius 2 is 2.00 bits per heavy atom. The molecular formula is C17H19FN4O2. The third-order valence-corrected chi connectivity index (χ3v) is 3.96. The smallest absolute Gasteiger partial charge is 0.258 e. The largest absolute Gasteiger partial charge is 0.493 e. The minimum absolute atomic E-state index is 0.00823. The molecule has 0 aliphatic rings. The maximum Gasteiger partial charge on any atom is 0.258 e. The Morgan fingerprint density at radius 1 is 1.29 bits per heavy atom. The van der Waals surface area contributed by atoms with E-state index in [0.717, 1.165) is 11.3 Å². The Morgan fingerprint density at radius 3 is 2.67 bits per heavy atom. The molecule has 6 nitrogen and oxygen atoms in total. The van der Waals surface area contributed by atoms with Crippen LogP contribution in [0.2, 0.25) is 0 Å². The summed E-state index contributed by atoms with van der Waals surface area (Å²) in [6.45, 7) is 2.40. The van der Waals surface area contributed by atoms with Crippen molar-refractivity contribution in [2.75, 3.05) is 14.1 Å². The van der Waals surface area contributed by atoms with Gasteiger partial charge in [-0.3, -0.25) is 4.79 Å². The van der Waals surface area contributed by atoms with Crippen molar-refractivity contribution in [1.29, 1.82) is 0 Å². The summed E-state index contributed by atoms with van der Waals surface area (Å²) < 4.78 is 15.2. The molecule has 0 atom stereocenters. The number of aromatic amines is 1. The van der Waals surface area contributed by atoms with Crippen molar-refractivity contribution in [3.05, 3.63) is 62.8 Å². The van der Waals surface area contributed by atoms with Crippen molar-refractivity contribution >= 4 is 5.65 Å². The topological polar surface area (TPSA) is 73.6 Å². The second-order valence-corrected chi connectivity index (χ2v) is 6.09. The first-order valence-corrected chi connectivity index (χ1v) is 7.59. The summed E-state index contributed by atoms with van der Waals surface area (Å²) in [5, 5.41) is 14.8. The van der Waals surface area contributed by atoms with E-state index in [4.69, 9.17) is 0 Å². The van der Waals surface area contributed by atoms with Gasteiger partial charge in [-0.1, -0.05) is 18.2 Å². The molecule has 1 aromatic carbocycles. The monoisotopic (exact) mass is 330 g/mol. The van der Waals surface area contributed by atoms with Gasteiger partial charge in [-0.15, -0.1) is 0 Å². The van der Waals surface area contributed by atoms with E-state index in [1.807, 2.05) is 25.9 Å². The molecule has 7 heteroatoms. The highest BCUT2D eigenvalue weighted by atomic mass is 19.1. The van der Waals surface area contributed by atoms with E-state index in [-0.39, 0.29) is 17.9 Å². The molecule has 0 spiro atoms. The molecule has 3 rings (SSSR count). The number of hydrogen-bond acceptors (Lipinski definition) is 4. The Labute approximate surface area is 138 Å². The summed E-state index contributed by atoms with van der Waals surface area (Å²) in [4.78, 5) is 17.1. The summed E-state index contributed by atoms with van der Waals surface area (Å²) in [5.74, 6) is -0.675. The molecule has 3 aromatic rings. The normalized spacial score (nSPS) is 11.5. The fraction of sp³-hybridized carbons (Fsp3) is 0.294. The third kappa shape index (κ3) is 2.78. The van der Waals surface area contributed by atoms with Gasteiger partial charge in [0.05, 0.1) is 11.3 Å². The van der Waals surface area contributed by atoms with E-state index in [9.17, 15) is 14.3 Å². The molecule has 0 bridgehead atoms. The lowest BCUT2D eigenvalue weighted by molar-refractivity contribution is 0.402. The number of halogens is 1. The number of aromatic nitrogens is 3. The van der Waals surface area contributed by atoms with E-state index in [1.54, 1.807) is 18.2 Å². The molecule has 0 saturated heterocycles. The number of aryl methyl sites for hydroxylation is 1. The number of H-pyrrole nitrogens is 1. The van der Waals surface area contributed by atoms with Crippen molar-refractivity contribution in [3.8, 4) is 5.88 Å². The average Bonchev–Trinajstić information content (AvgIpc) is 2.82. The van der Waals surface area contributed by atoms with E-state index < -0.39 is 11.4 Å². The van der Waals surface area contributed by atoms with Gasteiger partial charge in [0.15, 0.2) is 0 Å². The predicted molar refractivity (Wildman–Crippen MR) is 88.8 cm³/mol. The van der Waals surface area contributed by atoms with E-state index in [0.29, 0.717) is 17.8 Å². The van der Waals surface area contributed by atoms with Crippen molar-refractivity contribution in [2.24, 2.45) is 0 Å². The lowest BCUT2D eigenvalue weighted by Gasteiger charge is -2.10. The van der Waals surface area contributed by atoms with Crippen LogP contribution in [0, 0.1) is 12.7 Å². The fourth-order valence-electron chi connectivity index (χ4n) is 2.75. The first-order chi connectivity index (χ1) is 11.4. The Bertz CT molecular complexity index is 959. The summed E-state index contributed by atoms with van der Waals surface area (Å²) in [6, 6.07) is 6.18. The molecule has 126 valence electrons. The van der Waals surface area contributed by atoms with Gasteiger partial charge >= 0.3 is 0 Å². The highest BCUT2D eigenvalue weighted by Crippen LogP contribution is 2.22. The van der Waals surface area contributed by atoms with Gasteiger partial charge in [0, 0.05) is 18.5 Å². The van der Waals surface area contributed by atoms with Gasteiger partial charge in [-0.25, -0.2) is 4.39 Å². The number of benzene rings is 1. The molecular weight excluding hydrogens is 311 g/mol. The zero-order valence-electron chi connectivity index (χ0n) is 13.8. The van der Waals surface area contributed by atoms with Crippen LogP contribution >= 0.6 is 0 Å². The van der Waals surface area contributed by atoms with Crippen LogP contribution in [-0.4, -0.2) is 38.7 Å². The SMILES string of the molecule is Cc1nn2c(O)c(Cc3ccccc3F)c(=O)[nH]c2c1CN(C)C. The zero-order valence-corrected chi connectivity index (χ0v) is 13.8. The molecule has 0 aliphatic heterocycles. The van der Waals surface area contributed by atoms with Gasteiger partial charge in [-0.2, -0.15) is 9.61 Å². The number of nitrogens with zero attached hydrogens (tertiary/aromatic N) is 3. The second kappa shape index (κ2) is 6.09. The van der Waals surface area contributed by atoms with E-state index in [2.05, 4.69) is 10.1 Å². The lowest BCUT2D eigenvalue weighted by atomic mass is 10.1. The average molecular weight is 330 g/mol. The quantitative estimate of drug-likeness (QED) is 0.765. The molecule has 0 radical (unpaired) electrons. The van der Waals surface area contributed by atoms with Crippen LogP contribution in [0.5, 0.6) is 5.88 Å². The standard InChI is InChI=1S/C17H19FN4O2/c1-10-13(9-21(2)3)15-19-16(23)12(17(24)22(15)20-10)8-11-6-4-5-7-14(11)18/h4-7,24H,8-9H2,1-3H3,(H,19,23). The van der Waals surface area contributed by atoms with Crippen molar-refractivity contribution in [2.45, 2.75) is 19.9 Å². The molecule has 0 saturated carbocycles. The summed E-state index contributed by atoms with van der Waals surface area (Å²) in [5.41, 5.74) is 2.01. The minimum atomic E-state index is -0.442. The second-order valence-electron chi connectivity index (χ2n) is 6.09. The lowest BCUT2D eigenvalue weighted by Crippen LogP contribution is -2.18. The number of rotatable bonds is 4. The van der Waals surface area contributed by atoms with Crippen LogP contribution in [0.1, 0.15) is 22.4 Å². The van der Waals surface area contributed by atoms with Crippen LogP contribution in [0.15, 0.2) is 29.1 Å². The van der Waals surface area contributed by atoms with Gasteiger partial charge < -0.3 is 15.0 Å². The highest BCUT2D eigenvalue weighted by Gasteiger charge is 2.19. The minimum Gasteiger partial charge on any atom is -0.493 e. The van der Waals surface area contributed by atoms with Gasteiger partial charge in [-0.05, 0) is 32.6 Å². The Kier molecular flexibility index (Phi) is 4.11. The van der Waals surface area contributed by atoms with Gasteiger partial charge in [0.2, 0.25) is 5.88 Å². The molecule has 0 unspecified atom stereocenters. The van der Waals surface area contributed by atoms with Crippen LogP contribution in [-0.2, 0) is 13.0 Å². The summed E-state index contributed by atoms with van der Waals surface area (Å²) >= 11 is 0. The first kappa shape index (κ1) is 16.2. The Balaban J connectivity index is 2.15. The van der Waals surface area contributed by atoms with Crippen LogP contribution < -0.4 is 5.56 Å². The predicted octanol–water partition coefficient (Wildman–Crippen LogP) is 1.83. The number of nitrogens with one attached hydrogen (secondary N) is 1. The summed E-state index contributed by atoms with van der Waals surface area (Å²) in [6.07, 6.45) is -0.00823. The van der Waals surface area contributed by atoms with Crippen LogP contribution in [0.25, 0.3) is 5.65 Å².